The van der Waals surface area contributed by atoms with Crippen LogP contribution in [0.25, 0.3) is 22.9 Å². The maximum absolute atomic E-state index is 12.8. The summed E-state index contributed by atoms with van der Waals surface area (Å²) in [5.41, 5.74) is 5.83. The first-order chi connectivity index (χ1) is 15.3. The average molecular weight is 425 g/mol. The molecule has 6 heteroatoms. The van der Waals surface area contributed by atoms with Crippen molar-refractivity contribution in [1.82, 2.24) is 4.57 Å². The van der Waals surface area contributed by atoms with Gasteiger partial charge in [-0.3, -0.25) is 9.36 Å². The molecule has 0 aliphatic carbocycles. The molecule has 2 aliphatic rings. The number of hydrogen-bond donors (Lipinski definition) is 2. The van der Waals surface area contributed by atoms with E-state index in [9.17, 15) is 9.59 Å². The molecule has 3 aromatic rings. The van der Waals surface area contributed by atoms with Crippen molar-refractivity contribution < 1.29 is 14.3 Å². The fraction of sp³-hybridized carbons (Fsp3) is 0.154. The van der Waals surface area contributed by atoms with Crippen LogP contribution in [0.1, 0.15) is 31.9 Å². The SMILES string of the molecule is CC(C)(C)OC(=O)n1cccc1-c1ccc2c(c1)NC(=O)/C2=C1/C=Cc2ccccc2N1. The van der Waals surface area contributed by atoms with Gasteiger partial charge in [0.1, 0.15) is 5.60 Å². The first-order valence-corrected chi connectivity index (χ1v) is 10.5. The molecule has 0 bridgehead atoms. The Morgan fingerprint density at radius 3 is 2.56 bits per heavy atom. The third-order valence-electron chi connectivity index (χ3n) is 5.33. The van der Waals surface area contributed by atoms with Gasteiger partial charge in [-0.25, -0.2) is 4.79 Å². The van der Waals surface area contributed by atoms with Crippen LogP contribution in [0.3, 0.4) is 0 Å². The lowest BCUT2D eigenvalue weighted by molar-refractivity contribution is -0.110. The fourth-order valence-electron chi connectivity index (χ4n) is 3.95. The molecular weight excluding hydrogens is 402 g/mol. The van der Waals surface area contributed by atoms with E-state index in [2.05, 4.69) is 10.6 Å². The highest BCUT2D eigenvalue weighted by molar-refractivity contribution is 6.33. The molecule has 0 spiro atoms. The standard InChI is InChI=1S/C26H23N3O3/c1-26(2,3)32-25(31)29-14-6-9-22(29)17-10-12-18-21(15-17)28-24(30)23(18)20-13-11-16-7-4-5-8-19(16)27-20/h4-15,27H,1-3H3,(H,28,30)/b23-20-. The van der Waals surface area contributed by atoms with Gasteiger partial charge >= 0.3 is 6.09 Å². The highest BCUT2D eigenvalue weighted by Gasteiger charge is 2.29. The molecule has 5 rings (SSSR count). The molecule has 0 saturated heterocycles. The van der Waals surface area contributed by atoms with Gasteiger partial charge in [0.15, 0.2) is 0 Å². The third-order valence-corrected chi connectivity index (χ3v) is 5.33. The lowest BCUT2D eigenvalue weighted by atomic mass is 9.99. The number of benzene rings is 2. The van der Waals surface area contributed by atoms with E-state index in [1.165, 1.54) is 4.57 Å². The number of carbonyl (C=O) groups excluding carboxylic acids is 2. The van der Waals surface area contributed by atoms with Gasteiger partial charge in [-0.15, -0.1) is 0 Å². The average Bonchev–Trinajstić information content (AvgIpc) is 3.35. The minimum absolute atomic E-state index is 0.161. The molecule has 0 fully saturated rings. The zero-order chi connectivity index (χ0) is 22.5. The van der Waals surface area contributed by atoms with Crippen molar-refractivity contribution in [2.24, 2.45) is 0 Å². The molecule has 6 nitrogen and oxygen atoms in total. The van der Waals surface area contributed by atoms with Crippen LogP contribution in [-0.4, -0.2) is 22.2 Å². The van der Waals surface area contributed by atoms with Crippen molar-refractivity contribution in [3.05, 3.63) is 83.7 Å². The maximum Gasteiger partial charge on any atom is 0.418 e. The molecule has 3 heterocycles. The summed E-state index contributed by atoms with van der Waals surface area (Å²) in [6.45, 7) is 5.50. The number of allylic oxidation sites excluding steroid dienone is 1. The second-order valence-electron chi connectivity index (χ2n) is 8.79. The number of aromatic nitrogens is 1. The highest BCUT2D eigenvalue weighted by Crippen LogP contribution is 2.39. The van der Waals surface area contributed by atoms with Crippen LogP contribution in [-0.2, 0) is 9.53 Å². The number of rotatable bonds is 1. The molecule has 0 unspecified atom stereocenters. The van der Waals surface area contributed by atoms with Crippen molar-refractivity contribution in [3.63, 3.8) is 0 Å². The lowest BCUT2D eigenvalue weighted by Gasteiger charge is -2.20. The van der Waals surface area contributed by atoms with Crippen LogP contribution in [0, 0.1) is 0 Å². The molecule has 1 aromatic heterocycles. The predicted octanol–water partition coefficient (Wildman–Crippen LogP) is 5.74. The molecule has 2 aromatic carbocycles. The Labute approximate surface area is 186 Å². The van der Waals surface area contributed by atoms with Crippen LogP contribution >= 0.6 is 0 Å². The Bertz CT molecular complexity index is 1320. The van der Waals surface area contributed by atoms with Crippen molar-refractivity contribution in [2.45, 2.75) is 26.4 Å². The maximum atomic E-state index is 12.8. The molecule has 1 amide bonds. The van der Waals surface area contributed by atoms with Gasteiger partial charge in [-0.2, -0.15) is 0 Å². The van der Waals surface area contributed by atoms with Gasteiger partial charge < -0.3 is 15.4 Å². The van der Waals surface area contributed by atoms with Crippen molar-refractivity contribution in [1.29, 1.82) is 0 Å². The number of para-hydroxylation sites is 1. The minimum atomic E-state index is -0.593. The second-order valence-corrected chi connectivity index (χ2v) is 8.79. The molecule has 0 saturated carbocycles. The number of ether oxygens (including phenoxy) is 1. The van der Waals surface area contributed by atoms with E-state index in [0.717, 1.165) is 28.1 Å². The Morgan fingerprint density at radius 2 is 1.75 bits per heavy atom. The minimum Gasteiger partial charge on any atom is -0.443 e. The number of anilines is 2. The van der Waals surface area contributed by atoms with Crippen LogP contribution in [0.5, 0.6) is 0 Å². The van der Waals surface area contributed by atoms with Gasteiger partial charge in [-0.1, -0.05) is 36.4 Å². The molecule has 2 aliphatic heterocycles. The summed E-state index contributed by atoms with van der Waals surface area (Å²) in [5, 5.41) is 6.33. The van der Waals surface area contributed by atoms with E-state index >= 15 is 0 Å². The smallest absolute Gasteiger partial charge is 0.418 e. The van der Waals surface area contributed by atoms with E-state index in [1.54, 1.807) is 12.3 Å². The summed E-state index contributed by atoms with van der Waals surface area (Å²) < 4.78 is 6.99. The van der Waals surface area contributed by atoms with E-state index in [4.69, 9.17) is 4.74 Å². The summed E-state index contributed by atoms with van der Waals surface area (Å²) in [4.78, 5) is 25.5. The molecule has 0 radical (unpaired) electrons. The van der Waals surface area contributed by atoms with Gasteiger partial charge in [-0.05, 0) is 56.7 Å². The summed E-state index contributed by atoms with van der Waals surface area (Å²) in [6.07, 6.45) is 5.16. The molecule has 0 atom stereocenters. The molecule has 2 N–H and O–H groups in total. The number of amides is 1. The monoisotopic (exact) mass is 425 g/mol. The second kappa shape index (κ2) is 7.27. The van der Waals surface area contributed by atoms with Gasteiger partial charge in [0.05, 0.1) is 17.0 Å². The number of nitrogens with zero attached hydrogens (tertiary/aromatic N) is 1. The first kappa shape index (κ1) is 19.9. The Balaban J connectivity index is 1.51. The Kier molecular flexibility index (Phi) is 4.51. The largest absolute Gasteiger partial charge is 0.443 e. The Morgan fingerprint density at radius 1 is 0.938 bits per heavy atom. The summed E-state index contributed by atoms with van der Waals surface area (Å²) in [7, 11) is 0. The van der Waals surface area contributed by atoms with E-state index in [-0.39, 0.29) is 5.91 Å². The number of carbonyl (C=O) groups is 2. The van der Waals surface area contributed by atoms with Crippen LogP contribution in [0.15, 0.2) is 72.6 Å². The topological polar surface area (TPSA) is 72.4 Å². The predicted molar refractivity (Wildman–Crippen MR) is 126 cm³/mol. The van der Waals surface area contributed by atoms with Crippen LogP contribution in [0.4, 0.5) is 16.2 Å². The van der Waals surface area contributed by atoms with Crippen LogP contribution in [0.2, 0.25) is 0 Å². The van der Waals surface area contributed by atoms with Crippen LogP contribution < -0.4 is 10.6 Å². The highest BCUT2D eigenvalue weighted by atomic mass is 16.6. The quantitative estimate of drug-likeness (QED) is 0.488. The van der Waals surface area contributed by atoms with Crippen molar-refractivity contribution in [2.75, 3.05) is 10.6 Å². The summed E-state index contributed by atoms with van der Waals surface area (Å²) in [5.74, 6) is -0.161. The van der Waals surface area contributed by atoms with Crippen molar-refractivity contribution in [3.8, 4) is 11.3 Å². The van der Waals surface area contributed by atoms with Gasteiger partial charge in [0.2, 0.25) is 0 Å². The van der Waals surface area contributed by atoms with E-state index in [0.29, 0.717) is 17.0 Å². The number of fused-ring (bicyclic) bond motifs is 2. The molecular formula is C26H23N3O3. The van der Waals surface area contributed by atoms with Crippen molar-refractivity contribution >= 4 is 35.0 Å². The summed E-state index contributed by atoms with van der Waals surface area (Å²) in [6, 6.07) is 17.3. The molecule has 32 heavy (non-hydrogen) atoms. The zero-order valence-corrected chi connectivity index (χ0v) is 18.1. The zero-order valence-electron chi connectivity index (χ0n) is 18.1. The van der Waals surface area contributed by atoms with E-state index in [1.807, 2.05) is 81.5 Å². The number of hydrogen-bond acceptors (Lipinski definition) is 4. The van der Waals surface area contributed by atoms with Gasteiger partial charge in [0.25, 0.3) is 5.91 Å². The first-order valence-electron chi connectivity index (χ1n) is 10.5. The number of nitrogens with one attached hydrogen (secondary N) is 2. The molecule has 160 valence electrons. The normalized spacial score (nSPS) is 16.8. The third kappa shape index (κ3) is 3.50. The lowest BCUT2D eigenvalue weighted by Crippen LogP contribution is -2.27. The fourth-order valence-corrected chi connectivity index (χ4v) is 3.95. The summed E-state index contributed by atoms with van der Waals surface area (Å²) >= 11 is 0. The van der Waals surface area contributed by atoms with E-state index < -0.39 is 11.7 Å². The Hall–Kier alpha value is -4.06. The van der Waals surface area contributed by atoms with Gasteiger partial charge in [0, 0.05) is 28.7 Å².